The number of fused-ring (bicyclic) bond motifs is 7. The summed E-state index contributed by atoms with van der Waals surface area (Å²) in [7, 11) is 5.36. The molecule has 1 aliphatic carbocycles. The Bertz CT molecular complexity index is 1990. The van der Waals surface area contributed by atoms with Crippen LogP contribution in [0.5, 0.6) is 5.75 Å². The number of para-hydroxylation sites is 1. The number of benzene rings is 2. The lowest BCUT2D eigenvalue weighted by Gasteiger charge is -2.64. The molecular formula is C41H46N4O5. The lowest BCUT2D eigenvalue weighted by Crippen LogP contribution is -2.81. The fourth-order valence-corrected chi connectivity index (χ4v) is 14.1. The predicted octanol–water partition coefficient (Wildman–Crippen LogP) is 4.73. The first-order valence-electron chi connectivity index (χ1n) is 18.7. The van der Waals surface area contributed by atoms with Gasteiger partial charge in [-0.2, -0.15) is 0 Å². The van der Waals surface area contributed by atoms with Crippen LogP contribution in [0.4, 0.5) is 11.4 Å². The third kappa shape index (κ3) is 2.78. The highest BCUT2D eigenvalue weighted by molar-refractivity contribution is 5.89. The molecule has 260 valence electrons. The molecule has 2 unspecified atom stereocenters. The summed E-state index contributed by atoms with van der Waals surface area (Å²) < 4.78 is 19.1. The molecule has 9 heterocycles. The Morgan fingerprint density at radius 1 is 0.880 bits per heavy atom. The van der Waals surface area contributed by atoms with Crippen LogP contribution < -0.4 is 14.5 Å². The first kappa shape index (κ1) is 29.9. The zero-order chi connectivity index (χ0) is 34.1. The number of esters is 2. The summed E-state index contributed by atoms with van der Waals surface area (Å²) in [5, 5.41) is 0. The Hall–Kier alpha value is -3.82. The monoisotopic (exact) mass is 674 g/mol. The minimum absolute atomic E-state index is 0.0520. The molecule has 6 saturated heterocycles. The van der Waals surface area contributed by atoms with Gasteiger partial charge in [-0.15, -0.1) is 0 Å². The Balaban J connectivity index is 1.18. The summed E-state index contributed by atoms with van der Waals surface area (Å²) in [5.41, 5.74) is 6.74. The molecule has 9 nitrogen and oxygen atoms in total. The molecule has 1 saturated carbocycles. The Labute approximate surface area is 293 Å². The average molecular weight is 675 g/mol. The van der Waals surface area contributed by atoms with E-state index in [0.717, 1.165) is 69.7 Å². The molecule has 9 heteroatoms. The number of ether oxygens (including phenoxy) is 3. The number of likely N-dealkylation sites (N-methyl/N-ethyl adjacent to an activating group) is 1. The van der Waals surface area contributed by atoms with Crippen molar-refractivity contribution < 1.29 is 23.8 Å². The quantitative estimate of drug-likeness (QED) is 0.332. The first-order valence-corrected chi connectivity index (χ1v) is 18.7. The molecule has 10 aliphatic rings. The number of piperidine rings is 3. The molecule has 9 aliphatic heterocycles. The molecule has 12 rings (SSSR count). The Morgan fingerprint density at radius 3 is 2.44 bits per heavy atom. The van der Waals surface area contributed by atoms with Gasteiger partial charge in [-0.25, -0.2) is 4.79 Å². The van der Waals surface area contributed by atoms with Crippen LogP contribution in [0.2, 0.25) is 0 Å². The number of anilines is 2. The number of nitrogens with zero attached hydrogens (tertiary/aromatic N) is 4. The molecule has 2 spiro atoms. The van der Waals surface area contributed by atoms with Crippen molar-refractivity contribution in [1.82, 2.24) is 9.80 Å². The van der Waals surface area contributed by atoms with Gasteiger partial charge in [0.15, 0.2) is 0 Å². The summed E-state index contributed by atoms with van der Waals surface area (Å²) in [6, 6.07) is 13.2. The maximum Gasteiger partial charge on any atom is 0.329 e. The molecule has 50 heavy (non-hydrogen) atoms. The third-order valence-corrected chi connectivity index (χ3v) is 15.7. The van der Waals surface area contributed by atoms with Crippen LogP contribution in [0, 0.1) is 17.8 Å². The number of methoxy groups -OCH3 is 2. The van der Waals surface area contributed by atoms with Crippen molar-refractivity contribution in [2.24, 2.45) is 17.8 Å². The highest BCUT2D eigenvalue weighted by Crippen LogP contribution is 2.74. The van der Waals surface area contributed by atoms with Crippen LogP contribution in [0.15, 0.2) is 59.7 Å². The van der Waals surface area contributed by atoms with E-state index >= 15 is 0 Å². The minimum Gasteiger partial charge on any atom is -0.469 e. The molecule has 0 N–H and O–H groups in total. The van der Waals surface area contributed by atoms with Gasteiger partial charge in [-0.05, 0) is 81.2 Å². The van der Waals surface area contributed by atoms with E-state index in [1.54, 1.807) is 7.11 Å². The molecule has 0 amide bonds. The molecule has 2 aromatic rings. The SMILES string of the molecule is C/C=C1/CN2CC[C@@]34c5cc6c(cc5N(C)[C@@]23CC[C@@H]1C4C(=O)OC)[C@]12CCN3C/C(=C/C)[C@@H]4C[C@H]3[C@@]1(O6)N(c1ccccc12)[C@@H]4C(=O)OC. The molecule has 0 aromatic heterocycles. The largest absolute Gasteiger partial charge is 0.469 e. The maximum atomic E-state index is 14.2. The number of hydrogen-bond donors (Lipinski definition) is 0. The standard InChI is InChI=1S/C41H46N4O5/c1-6-23-21-43-16-14-38-27-10-8-9-11-30(27)45-35(37(47)49-5)26(23)18-33(43)41(38,45)50-32-20-28-31(19-29(32)38)42(3)40-13-12-25-24(7-2)22-44(40)17-15-39(28,40)34(25)36(46)48-4/h6-11,19-20,25-26,33-35H,12-18,21-22H2,1-5H3/b23-6-,24-7-/t25-,26-,33-,34?,35-,38+,39-,40-,41-/m0/s1. The summed E-state index contributed by atoms with van der Waals surface area (Å²) in [6.45, 7) is 7.88. The van der Waals surface area contributed by atoms with Crippen molar-refractivity contribution >= 4 is 23.3 Å². The van der Waals surface area contributed by atoms with Crippen LogP contribution in [0.1, 0.15) is 62.6 Å². The van der Waals surface area contributed by atoms with Gasteiger partial charge >= 0.3 is 11.9 Å². The van der Waals surface area contributed by atoms with E-state index in [4.69, 9.17) is 14.2 Å². The van der Waals surface area contributed by atoms with Crippen molar-refractivity contribution in [2.45, 2.75) is 80.3 Å². The number of carbonyl (C=O) groups excluding carboxylic acids is 2. The second kappa shape index (κ2) is 9.34. The second-order valence-electron chi connectivity index (χ2n) is 16.4. The average Bonchev–Trinajstić information content (AvgIpc) is 3.72. The van der Waals surface area contributed by atoms with Gasteiger partial charge in [0.05, 0.1) is 31.6 Å². The van der Waals surface area contributed by atoms with E-state index in [1.807, 2.05) is 0 Å². The van der Waals surface area contributed by atoms with Gasteiger partial charge in [-0.3, -0.25) is 14.6 Å². The zero-order valence-corrected chi connectivity index (χ0v) is 29.7. The van der Waals surface area contributed by atoms with Gasteiger partial charge in [0, 0.05) is 61.5 Å². The zero-order valence-electron chi connectivity index (χ0n) is 29.7. The van der Waals surface area contributed by atoms with Crippen molar-refractivity contribution in [2.75, 3.05) is 57.2 Å². The number of allylic oxidation sites excluding steroid dienone is 2. The molecule has 6 bridgehead atoms. The highest BCUT2D eigenvalue weighted by Gasteiger charge is 2.81. The summed E-state index contributed by atoms with van der Waals surface area (Å²) in [4.78, 5) is 38.4. The van der Waals surface area contributed by atoms with E-state index < -0.39 is 22.6 Å². The van der Waals surface area contributed by atoms with Gasteiger partial charge in [-0.1, -0.05) is 41.5 Å². The maximum absolute atomic E-state index is 14.2. The molecule has 2 aromatic carbocycles. The Kier molecular flexibility index (Phi) is 5.58. The smallest absolute Gasteiger partial charge is 0.329 e. The van der Waals surface area contributed by atoms with Crippen molar-refractivity contribution in [3.05, 3.63) is 76.4 Å². The van der Waals surface area contributed by atoms with Crippen LogP contribution >= 0.6 is 0 Å². The predicted molar refractivity (Wildman–Crippen MR) is 188 cm³/mol. The van der Waals surface area contributed by atoms with Crippen molar-refractivity contribution in [3.8, 4) is 5.75 Å². The van der Waals surface area contributed by atoms with Crippen LogP contribution in [0.3, 0.4) is 0 Å². The summed E-state index contributed by atoms with van der Waals surface area (Å²) in [5.74, 6) is 0.562. The lowest BCUT2D eigenvalue weighted by molar-refractivity contribution is -0.156. The number of carbonyl (C=O) groups is 2. The van der Waals surface area contributed by atoms with E-state index in [-0.39, 0.29) is 41.4 Å². The number of hydrogen-bond acceptors (Lipinski definition) is 9. The van der Waals surface area contributed by atoms with Gasteiger partial charge in [0.2, 0.25) is 5.72 Å². The molecule has 7 fully saturated rings. The van der Waals surface area contributed by atoms with E-state index in [0.29, 0.717) is 0 Å². The molecular weight excluding hydrogens is 628 g/mol. The van der Waals surface area contributed by atoms with Crippen molar-refractivity contribution in [3.63, 3.8) is 0 Å². The normalized spacial score (nSPS) is 43.5. The van der Waals surface area contributed by atoms with E-state index in [9.17, 15) is 9.59 Å². The van der Waals surface area contributed by atoms with Crippen LogP contribution in [0.25, 0.3) is 0 Å². The van der Waals surface area contributed by atoms with Gasteiger partial charge < -0.3 is 24.0 Å². The van der Waals surface area contributed by atoms with Crippen LogP contribution in [-0.4, -0.2) is 92.7 Å². The fraction of sp³-hybridized carbons (Fsp3) is 0.561. The Morgan fingerprint density at radius 2 is 1.66 bits per heavy atom. The molecule has 10 atom stereocenters. The summed E-state index contributed by atoms with van der Waals surface area (Å²) in [6.07, 6.45) is 9.12. The third-order valence-electron chi connectivity index (χ3n) is 15.7. The van der Waals surface area contributed by atoms with Gasteiger partial charge in [0.25, 0.3) is 0 Å². The highest BCUT2D eigenvalue weighted by atomic mass is 16.5. The lowest BCUT2D eigenvalue weighted by atomic mass is 9.54. The minimum atomic E-state index is -0.793. The molecule has 0 radical (unpaired) electrons. The van der Waals surface area contributed by atoms with Crippen LogP contribution in [-0.2, 0) is 29.9 Å². The number of rotatable bonds is 2. The summed E-state index contributed by atoms with van der Waals surface area (Å²) >= 11 is 0. The second-order valence-corrected chi connectivity index (χ2v) is 16.4. The first-order chi connectivity index (χ1) is 24.3. The topological polar surface area (TPSA) is 74.8 Å². The van der Waals surface area contributed by atoms with E-state index in [1.165, 1.54) is 40.6 Å². The van der Waals surface area contributed by atoms with Gasteiger partial charge in [0.1, 0.15) is 17.5 Å². The van der Waals surface area contributed by atoms with Crippen molar-refractivity contribution in [1.29, 1.82) is 0 Å². The fourth-order valence-electron chi connectivity index (χ4n) is 14.1. The van der Waals surface area contributed by atoms with E-state index in [2.05, 4.69) is 89.0 Å².